The van der Waals surface area contributed by atoms with Crippen molar-refractivity contribution in [3.63, 3.8) is 0 Å². The maximum Gasteiger partial charge on any atom is 0.174 e. The summed E-state index contributed by atoms with van der Waals surface area (Å²) >= 11 is 5.65. The molecular formula is C15H11ClF2O2. The summed E-state index contributed by atoms with van der Waals surface area (Å²) in [4.78, 5) is 12.1. The zero-order chi connectivity index (χ0) is 14.7. The Labute approximate surface area is 119 Å². The fourth-order valence-corrected chi connectivity index (χ4v) is 2.09. The molecule has 0 saturated heterocycles. The summed E-state index contributed by atoms with van der Waals surface area (Å²) in [7, 11) is 1.34. The van der Waals surface area contributed by atoms with Gasteiger partial charge < -0.3 is 4.74 Å². The van der Waals surface area contributed by atoms with E-state index in [2.05, 4.69) is 0 Å². The zero-order valence-corrected chi connectivity index (χ0v) is 11.4. The Morgan fingerprint density at radius 3 is 2.60 bits per heavy atom. The first-order valence-corrected chi connectivity index (χ1v) is 6.21. The van der Waals surface area contributed by atoms with E-state index in [1.807, 2.05) is 0 Å². The molecule has 2 aromatic rings. The lowest BCUT2D eigenvalue weighted by Crippen LogP contribution is -2.09. The van der Waals surface area contributed by atoms with Crippen LogP contribution in [0.1, 0.15) is 15.9 Å². The van der Waals surface area contributed by atoms with Gasteiger partial charge in [-0.2, -0.15) is 0 Å². The second kappa shape index (κ2) is 6.01. The SMILES string of the molecule is COc1cccc(F)c1C(=O)Cc1cccc(Cl)c1F. The van der Waals surface area contributed by atoms with Gasteiger partial charge in [0.15, 0.2) is 5.78 Å². The van der Waals surface area contributed by atoms with Crippen LogP contribution >= 0.6 is 11.6 Å². The highest BCUT2D eigenvalue weighted by molar-refractivity contribution is 6.30. The Bertz CT molecular complexity index is 656. The standard InChI is InChI=1S/C15H11ClF2O2/c1-20-13-7-3-6-11(17)14(13)12(19)8-9-4-2-5-10(16)15(9)18/h2-7H,8H2,1H3. The molecule has 0 heterocycles. The van der Waals surface area contributed by atoms with Crippen molar-refractivity contribution in [2.45, 2.75) is 6.42 Å². The molecule has 0 fully saturated rings. The number of rotatable bonds is 4. The molecule has 0 aliphatic rings. The first kappa shape index (κ1) is 14.5. The van der Waals surface area contributed by atoms with Gasteiger partial charge in [0, 0.05) is 6.42 Å². The molecule has 2 rings (SSSR count). The molecule has 104 valence electrons. The quantitative estimate of drug-likeness (QED) is 0.796. The molecule has 0 N–H and O–H groups in total. The summed E-state index contributed by atoms with van der Waals surface area (Å²) in [6.07, 6.45) is -0.288. The molecule has 0 aliphatic carbocycles. The summed E-state index contributed by atoms with van der Waals surface area (Å²) in [6.45, 7) is 0. The van der Waals surface area contributed by atoms with Crippen LogP contribution in [0.5, 0.6) is 5.75 Å². The van der Waals surface area contributed by atoms with Gasteiger partial charge in [0.05, 0.1) is 17.7 Å². The number of halogens is 3. The summed E-state index contributed by atoms with van der Waals surface area (Å²) < 4.78 is 32.5. The molecule has 0 spiro atoms. The third kappa shape index (κ3) is 2.80. The summed E-state index contributed by atoms with van der Waals surface area (Å²) in [5.74, 6) is -1.81. The van der Waals surface area contributed by atoms with Gasteiger partial charge in [0.1, 0.15) is 17.4 Å². The predicted octanol–water partition coefficient (Wildman–Crippen LogP) is 4.05. The number of Topliss-reactive ketones (excluding diaryl/α,β-unsaturated/α-hetero) is 1. The fourth-order valence-electron chi connectivity index (χ4n) is 1.89. The average molecular weight is 297 g/mol. The Kier molecular flexibility index (Phi) is 4.35. The van der Waals surface area contributed by atoms with Crippen molar-refractivity contribution in [2.75, 3.05) is 7.11 Å². The van der Waals surface area contributed by atoms with Crippen LogP contribution in [-0.4, -0.2) is 12.9 Å². The molecule has 0 aromatic heterocycles. The van der Waals surface area contributed by atoms with Crippen LogP contribution in [0.3, 0.4) is 0 Å². The van der Waals surface area contributed by atoms with Crippen molar-refractivity contribution >= 4 is 17.4 Å². The lowest BCUT2D eigenvalue weighted by atomic mass is 10.0. The number of carbonyl (C=O) groups is 1. The zero-order valence-electron chi connectivity index (χ0n) is 10.6. The summed E-state index contributed by atoms with van der Waals surface area (Å²) in [5.41, 5.74) is -0.0674. The lowest BCUT2D eigenvalue weighted by Gasteiger charge is -2.09. The molecule has 2 aromatic carbocycles. The van der Waals surface area contributed by atoms with Crippen LogP contribution in [0.15, 0.2) is 36.4 Å². The van der Waals surface area contributed by atoms with E-state index in [0.717, 1.165) is 6.07 Å². The monoisotopic (exact) mass is 296 g/mol. The second-order valence-electron chi connectivity index (χ2n) is 4.13. The van der Waals surface area contributed by atoms with Gasteiger partial charge in [-0.1, -0.05) is 29.8 Å². The molecule has 0 amide bonds. The third-order valence-electron chi connectivity index (χ3n) is 2.86. The topological polar surface area (TPSA) is 26.3 Å². The Hall–Kier alpha value is -1.94. The highest BCUT2D eigenvalue weighted by atomic mass is 35.5. The van der Waals surface area contributed by atoms with Crippen molar-refractivity contribution in [1.82, 2.24) is 0 Å². The first-order chi connectivity index (χ1) is 9.54. The van der Waals surface area contributed by atoms with Gasteiger partial charge in [-0.05, 0) is 23.8 Å². The molecule has 0 radical (unpaired) electrons. The Morgan fingerprint density at radius 2 is 1.90 bits per heavy atom. The number of benzene rings is 2. The minimum atomic E-state index is -0.697. The molecule has 5 heteroatoms. The van der Waals surface area contributed by atoms with Crippen molar-refractivity contribution in [3.8, 4) is 5.75 Å². The van der Waals surface area contributed by atoms with Crippen molar-refractivity contribution in [3.05, 3.63) is 64.2 Å². The minimum Gasteiger partial charge on any atom is -0.496 e. The smallest absolute Gasteiger partial charge is 0.174 e. The first-order valence-electron chi connectivity index (χ1n) is 5.83. The van der Waals surface area contributed by atoms with Crippen LogP contribution in [0.4, 0.5) is 8.78 Å². The fraction of sp³-hybridized carbons (Fsp3) is 0.133. The van der Waals surface area contributed by atoms with E-state index < -0.39 is 17.4 Å². The Balaban J connectivity index is 2.36. The largest absolute Gasteiger partial charge is 0.496 e. The van der Waals surface area contributed by atoms with Gasteiger partial charge in [-0.3, -0.25) is 4.79 Å². The van der Waals surface area contributed by atoms with Crippen LogP contribution in [0, 0.1) is 11.6 Å². The van der Waals surface area contributed by atoms with Crippen molar-refractivity contribution < 1.29 is 18.3 Å². The van der Waals surface area contributed by atoms with Crippen molar-refractivity contribution in [2.24, 2.45) is 0 Å². The average Bonchev–Trinajstić information content (AvgIpc) is 2.43. The molecule has 0 aliphatic heterocycles. The molecule has 20 heavy (non-hydrogen) atoms. The third-order valence-corrected chi connectivity index (χ3v) is 3.15. The van der Waals surface area contributed by atoms with Gasteiger partial charge in [-0.25, -0.2) is 8.78 Å². The predicted molar refractivity (Wildman–Crippen MR) is 72.4 cm³/mol. The molecule has 0 bridgehead atoms. The Morgan fingerprint density at radius 1 is 1.20 bits per heavy atom. The number of ketones is 1. The van der Waals surface area contributed by atoms with E-state index in [4.69, 9.17) is 16.3 Å². The van der Waals surface area contributed by atoms with E-state index in [-0.39, 0.29) is 28.3 Å². The number of carbonyl (C=O) groups excluding carboxylic acids is 1. The second-order valence-corrected chi connectivity index (χ2v) is 4.54. The van der Waals surface area contributed by atoms with Crippen LogP contribution in [-0.2, 0) is 6.42 Å². The van der Waals surface area contributed by atoms with Gasteiger partial charge >= 0.3 is 0 Å². The molecule has 2 nitrogen and oxygen atoms in total. The van der Waals surface area contributed by atoms with Crippen LogP contribution in [0.2, 0.25) is 5.02 Å². The van der Waals surface area contributed by atoms with E-state index in [1.54, 1.807) is 0 Å². The maximum atomic E-state index is 13.8. The van der Waals surface area contributed by atoms with E-state index in [1.165, 1.54) is 37.4 Å². The minimum absolute atomic E-state index is 0.0733. The maximum absolute atomic E-state index is 13.8. The number of ether oxygens (including phenoxy) is 1. The highest BCUT2D eigenvalue weighted by Crippen LogP contribution is 2.25. The summed E-state index contributed by atoms with van der Waals surface area (Å²) in [6, 6.07) is 8.42. The van der Waals surface area contributed by atoms with Gasteiger partial charge in [-0.15, -0.1) is 0 Å². The molecule has 0 unspecified atom stereocenters. The normalized spacial score (nSPS) is 10.4. The number of hydrogen-bond donors (Lipinski definition) is 0. The van der Waals surface area contributed by atoms with E-state index >= 15 is 0 Å². The van der Waals surface area contributed by atoms with Gasteiger partial charge in [0.2, 0.25) is 0 Å². The summed E-state index contributed by atoms with van der Waals surface area (Å²) in [5, 5.41) is -0.0733. The lowest BCUT2D eigenvalue weighted by molar-refractivity contribution is 0.0985. The molecule has 0 saturated carbocycles. The number of hydrogen-bond acceptors (Lipinski definition) is 2. The number of methoxy groups -OCH3 is 1. The van der Waals surface area contributed by atoms with Crippen molar-refractivity contribution in [1.29, 1.82) is 0 Å². The van der Waals surface area contributed by atoms with Gasteiger partial charge in [0.25, 0.3) is 0 Å². The molecule has 0 atom stereocenters. The van der Waals surface area contributed by atoms with E-state index in [9.17, 15) is 13.6 Å². The molecular weight excluding hydrogens is 286 g/mol. The van der Waals surface area contributed by atoms with Crippen LogP contribution < -0.4 is 4.74 Å². The van der Waals surface area contributed by atoms with Crippen LogP contribution in [0.25, 0.3) is 0 Å². The highest BCUT2D eigenvalue weighted by Gasteiger charge is 2.19. The van der Waals surface area contributed by atoms with E-state index in [0.29, 0.717) is 0 Å².